The lowest BCUT2D eigenvalue weighted by atomic mass is 9.85. The monoisotopic (exact) mass is 269 g/mol. The lowest BCUT2D eigenvalue weighted by molar-refractivity contribution is -0.127. The maximum Gasteiger partial charge on any atom is 0.233 e. The third kappa shape index (κ3) is 2.47. The molecule has 0 saturated heterocycles. The average molecular weight is 269 g/mol. The van der Waals surface area contributed by atoms with Crippen LogP contribution in [0, 0.1) is 5.41 Å². The van der Waals surface area contributed by atoms with Crippen molar-refractivity contribution in [1.29, 1.82) is 0 Å². The molecule has 4 nitrogen and oxygen atoms in total. The van der Waals surface area contributed by atoms with Crippen LogP contribution in [-0.4, -0.2) is 15.9 Å². The molecule has 1 aliphatic rings. The molecule has 0 radical (unpaired) electrons. The molecule has 2 rings (SSSR count). The van der Waals surface area contributed by atoms with Gasteiger partial charge in [-0.15, -0.1) is 11.3 Å². The van der Waals surface area contributed by atoms with Crippen molar-refractivity contribution in [3.05, 3.63) is 16.6 Å². The molecule has 0 atom stereocenters. The van der Waals surface area contributed by atoms with Crippen LogP contribution in [-0.2, 0) is 11.3 Å². The normalized spacial score (nSPS) is 17.9. The van der Waals surface area contributed by atoms with E-state index in [1.54, 1.807) is 6.20 Å². The Morgan fingerprint density at radius 1 is 1.59 bits per heavy atom. The average Bonchev–Trinajstić information content (AvgIpc) is 2.97. The SMILES string of the molecule is NC(=S)C1(C(=O)NCc2nccs2)CCCC1. The predicted molar refractivity (Wildman–Crippen MR) is 71.6 cm³/mol. The summed E-state index contributed by atoms with van der Waals surface area (Å²) in [6.45, 7) is 0.459. The third-order valence-electron chi connectivity index (χ3n) is 3.25. The number of hydrogen-bond donors (Lipinski definition) is 2. The first-order valence-electron chi connectivity index (χ1n) is 5.62. The van der Waals surface area contributed by atoms with Gasteiger partial charge >= 0.3 is 0 Å². The summed E-state index contributed by atoms with van der Waals surface area (Å²) < 4.78 is 0. The number of hydrogen-bond acceptors (Lipinski definition) is 4. The minimum absolute atomic E-state index is 0.0438. The largest absolute Gasteiger partial charge is 0.392 e. The minimum Gasteiger partial charge on any atom is -0.392 e. The van der Waals surface area contributed by atoms with Crippen LogP contribution in [0.4, 0.5) is 0 Å². The Balaban J connectivity index is 2.00. The maximum atomic E-state index is 12.2. The van der Waals surface area contributed by atoms with Crippen LogP contribution in [0.25, 0.3) is 0 Å². The van der Waals surface area contributed by atoms with Gasteiger partial charge in [-0.2, -0.15) is 0 Å². The zero-order chi connectivity index (χ0) is 12.3. The third-order valence-corrected chi connectivity index (χ3v) is 4.42. The maximum absolute atomic E-state index is 12.2. The standard InChI is InChI=1S/C11H15N3OS2/c12-9(16)11(3-1-2-4-11)10(15)14-7-8-13-5-6-17-8/h5-6H,1-4,7H2,(H2,12,16)(H,14,15). The number of rotatable bonds is 4. The molecule has 1 aliphatic carbocycles. The number of nitrogens with one attached hydrogen (secondary N) is 1. The molecule has 92 valence electrons. The second-order valence-electron chi connectivity index (χ2n) is 4.26. The van der Waals surface area contributed by atoms with Crippen molar-refractivity contribution in [3.8, 4) is 0 Å². The summed E-state index contributed by atoms with van der Waals surface area (Å²) >= 11 is 6.59. The Bertz CT molecular complexity index is 410. The highest BCUT2D eigenvalue weighted by Gasteiger charge is 2.43. The Labute approximate surface area is 110 Å². The van der Waals surface area contributed by atoms with Crippen LogP contribution in [0.5, 0.6) is 0 Å². The van der Waals surface area contributed by atoms with Crippen LogP contribution in [0.3, 0.4) is 0 Å². The molecular weight excluding hydrogens is 254 g/mol. The number of aromatic nitrogens is 1. The summed E-state index contributed by atoms with van der Waals surface area (Å²) in [5.41, 5.74) is 5.12. The van der Waals surface area contributed by atoms with Crippen molar-refractivity contribution in [1.82, 2.24) is 10.3 Å². The summed E-state index contributed by atoms with van der Waals surface area (Å²) in [5.74, 6) is -0.0438. The molecule has 0 unspecified atom stereocenters. The van der Waals surface area contributed by atoms with Gasteiger partial charge in [0.1, 0.15) is 5.01 Å². The number of carbonyl (C=O) groups excluding carboxylic acids is 1. The second kappa shape index (κ2) is 5.10. The van der Waals surface area contributed by atoms with Gasteiger partial charge in [0.2, 0.25) is 5.91 Å². The topological polar surface area (TPSA) is 68.0 Å². The highest BCUT2D eigenvalue weighted by Crippen LogP contribution is 2.38. The number of nitrogens with two attached hydrogens (primary N) is 1. The van der Waals surface area contributed by atoms with E-state index in [0.29, 0.717) is 11.5 Å². The summed E-state index contributed by atoms with van der Waals surface area (Å²) in [4.78, 5) is 16.6. The zero-order valence-electron chi connectivity index (χ0n) is 9.44. The van der Waals surface area contributed by atoms with Gasteiger partial charge in [0.15, 0.2) is 0 Å². The van der Waals surface area contributed by atoms with E-state index < -0.39 is 5.41 Å². The number of nitrogens with zero attached hydrogens (tertiary/aromatic N) is 1. The van der Waals surface area contributed by atoms with E-state index in [0.717, 1.165) is 30.7 Å². The fourth-order valence-electron chi connectivity index (χ4n) is 2.23. The fraction of sp³-hybridized carbons (Fsp3) is 0.545. The first kappa shape index (κ1) is 12.4. The van der Waals surface area contributed by atoms with Crippen LogP contribution in [0.2, 0.25) is 0 Å². The summed E-state index contributed by atoms with van der Waals surface area (Å²) in [7, 11) is 0. The van der Waals surface area contributed by atoms with Crippen LogP contribution in [0.1, 0.15) is 30.7 Å². The smallest absolute Gasteiger partial charge is 0.233 e. The molecule has 1 heterocycles. The highest BCUT2D eigenvalue weighted by molar-refractivity contribution is 7.80. The highest BCUT2D eigenvalue weighted by atomic mass is 32.1. The predicted octanol–water partition coefficient (Wildman–Crippen LogP) is 1.61. The van der Waals surface area contributed by atoms with E-state index in [1.807, 2.05) is 5.38 Å². The van der Waals surface area contributed by atoms with Crippen molar-refractivity contribution < 1.29 is 4.79 Å². The van der Waals surface area contributed by atoms with Crippen molar-refractivity contribution >= 4 is 34.5 Å². The molecule has 1 aromatic heterocycles. The Morgan fingerprint density at radius 2 is 2.29 bits per heavy atom. The Morgan fingerprint density at radius 3 is 2.82 bits per heavy atom. The van der Waals surface area contributed by atoms with Crippen LogP contribution in [0.15, 0.2) is 11.6 Å². The Hall–Kier alpha value is -1.01. The van der Waals surface area contributed by atoms with Crippen LogP contribution < -0.4 is 11.1 Å². The van der Waals surface area contributed by atoms with Crippen molar-refractivity contribution in [2.24, 2.45) is 11.1 Å². The molecule has 3 N–H and O–H groups in total. The molecule has 0 spiro atoms. The van der Waals surface area contributed by atoms with Gasteiger partial charge in [-0.3, -0.25) is 4.79 Å². The van der Waals surface area contributed by atoms with Gasteiger partial charge in [0.05, 0.1) is 16.9 Å². The summed E-state index contributed by atoms with van der Waals surface area (Å²) in [6.07, 6.45) is 5.30. The summed E-state index contributed by atoms with van der Waals surface area (Å²) in [5, 5.41) is 5.68. The zero-order valence-corrected chi connectivity index (χ0v) is 11.1. The van der Waals surface area contributed by atoms with Crippen molar-refractivity contribution in [2.45, 2.75) is 32.2 Å². The van der Waals surface area contributed by atoms with E-state index in [2.05, 4.69) is 10.3 Å². The summed E-state index contributed by atoms with van der Waals surface area (Å²) in [6, 6.07) is 0. The van der Waals surface area contributed by atoms with Crippen molar-refractivity contribution in [2.75, 3.05) is 0 Å². The molecule has 0 bridgehead atoms. The van der Waals surface area contributed by atoms with E-state index in [4.69, 9.17) is 18.0 Å². The molecule has 1 saturated carbocycles. The molecule has 17 heavy (non-hydrogen) atoms. The number of thiazole rings is 1. The molecule has 1 aromatic rings. The second-order valence-corrected chi connectivity index (χ2v) is 5.68. The first-order chi connectivity index (χ1) is 8.15. The van der Waals surface area contributed by atoms with Gasteiger partial charge in [0.25, 0.3) is 0 Å². The number of carbonyl (C=O) groups is 1. The minimum atomic E-state index is -0.618. The lowest BCUT2D eigenvalue weighted by Gasteiger charge is -2.25. The van der Waals surface area contributed by atoms with Crippen molar-refractivity contribution in [3.63, 3.8) is 0 Å². The molecule has 6 heteroatoms. The number of amides is 1. The molecule has 1 fully saturated rings. The quantitative estimate of drug-likeness (QED) is 0.815. The van der Waals surface area contributed by atoms with E-state index in [1.165, 1.54) is 11.3 Å². The van der Waals surface area contributed by atoms with Gasteiger partial charge in [-0.1, -0.05) is 25.1 Å². The van der Waals surface area contributed by atoms with Gasteiger partial charge < -0.3 is 11.1 Å². The van der Waals surface area contributed by atoms with E-state index in [-0.39, 0.29) is 5.91 Å². The van der Waals surface area contributed by atoms with Crippen LogP contribution >= 0.6 is 23.6 Å². The number of thiocarbonyl (C=S) groups is 1. The van der Waals surface area contributed by atoms with E-state index >= 15 is 0 Å². The van der Waals surface area contributed by atoms with E-state index in [9.17, 15) is 4.79 Å². The van der Waals surface area contributed by atoms with Gasteiger partial charge in [-0.25, -0.2) is 4.98 Å². The molecule has 0 aliphatic heterocycles. The fourth-order valence-corrected chi connectivity index (χ4v) is 3.08. The molecular formula is C11H15N3OS2. The Kier molecular flexibility index (Phi) is 3.73. The first-order valence-corrected chi connectivity index (χ1v) is 6.90. The molecule has 1 amide bonds. The lowest BCUT2D eigenvalue weighted by Crippen LogP contribution is -2.46. The molecule has 0 aromatic carbocycles. The van der Waals surface area contributed by atoms with Gasteiger partial charge in [0, 0.05) is 11.6 Å². The van der Waals surface area contributed by atoms with Gasteiger partial charge in [-0.05, 0) is 12.8 Å².